The van der Waals surface area contributed by atoms with Gasteiger partial charge in [-0.15, -0.1) is 0 Å². The van der Waals surface area contributed by atoms with E-state index in [4.69, 9.17) is 14.2 Å². The molecule has 67 heavy (non-hydrogen) atoms. The van der Waals surface area contributed by atoms with Crippen LogP contribution in [-0.2, 0) is 28.6 Å². The van der Waals surface area contributed by atoms with E-state index in [2.05, 4.69) is 57.2 Å². The predicted octanol–water partition coefficient (Wildman–Crippen LogP) is 19.7. The minimum Gasteiger partial charge on any atom is -0.462 e. The fourth-order valence-corrected chi connectivity index (χ4v) is 8.65. The SMILES string of the molecule is CCCCC/C=C/C/C=C/CCCCCCCCCC(=O)O[C@@H](COC(=O)CCCCCCCCCCC/C=C/CCCCCCCC)COC(=O)CCCCCCCCCCCCCCC. The molecule has 0 unspecified atom stereocenters. The van der Waals surface area contributed by atoms with Crippen molar-refractivity contribution in [1.82, 2.24) is 0 Å². The third kappa shape index (κ3) is 54.4. The number of rotatable bonds is 54. The van der Waals surface area contributed by atoms with Crippen molar-refractivity contribution in [2.75, 3.05) is 13.2 Å². The summed E-state index contributed by atoms with van der Waals surface area (Å²) in [5.41, 5.74) is 0. The molecule has 0 bridgehead atoms. The van der Waals surface area contributed by atoms with Gasteiger partial charge in [-0.3, -0.25) is 14.4 Å². The zero-order valence-electron chi connectivity index (χ0n) is 44.9. The van der Waals surface area contributed by atoms with Crippen molar-refractivity contribution in [1.29, 1.82) is 0 Å². The summed E-state index contributed by atoms with van der Waals surface area (Å²) < 4.78 is 16.9. The van der Waals surface area contributed by atoms with Gasteiger partial charge in [0.05, 0.1) is 0 Å². The molecule has 0 aliphatic rings. The van der Waals surface area contributed by atoms with Crippen LogP contribution in [0, 0.1) is 0 Å². The molecule has 0 aliphatic carbocycles. The Hall–Kier alpha value is -2.37. The number of carbonyl (C=O) groups excluding carboxylic acids is 3. The molecule has 0 heterocycles. The topological polar surface area (TPSA) is 78.9 Å². The van der Waals surface area contributed by atoms with Gasteiger partial charge in [0.15, 0.2) is 6.10 Å². The molecular formula is C61H112O6. The standard InChI is InChI=1S/C61H112O6/c1-4-7-10-13-16-19-22-25-27-29-30-32-33-36-39-42-45-48-51-54-60(63)66-57-58(56-65-59(62)53-50-47-44-41-38-35-24-21-18-15-12-9-6-3)67-61(64)55-52-49-46-43-40-37-34-31-28-26-23-20-17-14-11-8-5-2/h17,20,25-28,58H,4-16,18-19,21-24,29-57H2,1-3H3/b20-17+,27-25+,28-26+/t58-/m1/s1. The van der Waals surface area contributed by atoms with E-state index in [9.17, 15) is 14.4 Å². The highest BCUT2D eigenvalue weighted by molar-refractivity contribution is 5.71. The fourth-order valence-electron chi connectivity index (χ4n) is 8.65. The van der Waals surface area contributed by atoms with Crippen LogP contribution in [0.15, 0.2) is 36.5 Å². The van der Waals surface area contributed by atoms with Crippen LogP contribution in [0.25, 0.3) is 0 Å². The second-order valence-corrected chi connectivity index (χ2v) is 19.9. The van der Waals surface area contributed by atoms with Crippen molar-refractivity contribution < 1.29 is 28.6 Å². The van der Waals surface area contributed by atoms with Gasteiger partial charge in [0.25, 0.3) is 0 Å². The van der Waals surface area contributed by atoms with Crippen molar-refractivity contribution in [3.8, 4) is 0 Å². The molecule has 0 aromatic carbocycles. The van der Waals surface area contributed by atoms with Gasteiger partial charge in [-0.1, -0.05) is 256 Å². The number of hydrogen-bond acceptors (Lipinski definition) is 6. The zero-order chi connectivity index (χ0) is 48.6. The number of allylic oxidation sites excluding steroid dienone is 6. The van der Waals surface area contributed by atoms with Crippen molar-refractivity contribution in [3.63, 3.8) is 0 Å². The van der Waals surface area contributed by atoms with Crippen LogP contribution in [0.5, 0.6) is 0 Å². The Kier molecular flexibility index (Phi) is 54.2. The summed E-state index contributed by atoms with van der Waals surface area (Å²) >= 11 is 0. The van der Waals surface area contributed by atoms with Gasteiger partial charge in [-0.05, 0) is 77.0 Å². The number of hydrogen-bond donors (Lipinski definition) is 0. The summed E-state index contributed by atoms with van der Waals surface area (Å²) in [4.78, 5) is 38.2. The van der Waals surface area contributed by atoms with Crippen molar-refractivity contribution in [3.05, 3.63) is 36.5 Å². The van der Waals surface area contributed by atoms with E-state index in [1.165, 1.54) is 205 Å². The molecular weight excluding hydrogens is 829 g/mol. The maximum absolute atomic E-state index is 12.9. The van der Waals surface area contributed by atoms with Gasteiger partial charge in [-0.25, -0.2) is 0 Å². The molecule has 0 fully saturated rings. The Morgan fingerprint density at radius 2 is 0.537 bits per heavy atom. The van der Waals surface area contributed by atoms with Crippen LogP contribution in [0.2, 0.25) is 0 Å². The Balaban J connectivity index is 4.33. The van der Waals surface area contributed by atoms with Gasteiger partial charge in [0.1, 0.15) is 13.2 Å². The largest absolute Gasteiger partial charge is 0.462 e. The van der Waals surface area contributed by atoms with Crippen molar-refractivity contribution in [2.45, 2.75) is 322 Å². The maximum atomic E-state index is 12.9. The molecule has 0 radical (unpaired) electrons. The summed E-state index contributed by atoms with van der Waals surface area (Å²) in [7, 11) is 0. The molecule has 6 nitrogen and oxygen atoms in total. The van der Waals surface area contributed by atoms with Gasteiger partial charge in [0.2, 0.25) is 0 Å². The van der Waals surface area contributed by atoms with E-state index in [1.54, 1.807) is 0 Å². The van der Waals surface area contributed by atoms with E-state index in [1.807, 2.05) is 0 Å². The molecule has 0 aliphatic heterocycles. The lowest BCUT2D eigenvalue weighted by Crippen LogP contribution is -2.30. The van der Waals surface area contributed by atoms with Crippen LogP contribution in [0.4, 0.5) is 0 Å². The molecule has 0 saturated carbocycles. The average Bonchev–Trinajstić information content (AvgIpc) is 3.33. The van der Waals surface area contributed by atoms with Crippen LogP contribution < -0.4 is 0 Å². The Morgan fingerprint density at radius 3 is 0.866 bits per heavy atom. The van der Waals surface area contributed by atoms with Gasteiger partial charge >= 0.3 is 17.9 Å². The first-order valence-electron chi connectivity index (χ1n) is 29.5. The Morgan fingerprint density at radius 1 is 0.299 bits per heavy atom. The third-order valence-corrected chi connectivity index (χ3v) is 13.1. The minimum absolute atomic E-state index is 0.0722. The number of unbranched alkanes of at least 4 members (excludes halogenated alkanes) is 37. The van der Waals surface area contributed by atoms with Gasteiger partial charge < -0.3 is 14.2 Å². The zero-order valence-corrected chi connectivity index (χ0v) is 44.9. The minimum atomic E-state index is -0.774. The molecule has 0 rings (SSSR count). The van der Waals surface area contributed by atoms with E-state index >= 15 is 0 Å². The molecule has 1 atom stereocenters. The summed E-state index contributed by atoms with van der Waals surface area (Å²) in [5.74, 6) is -0.864. The Labute approximate surface area is 416 Å². The highest BCUT2D eigenvalue weighted by Gasteiger charge is 2.19. The average molecular weight is 942 g/mol. The highest BCUT2D eigenvalue weighted by Crippen LogP contribution is 2.16. The lowest BCUT2D eigenvalue weighted by atomic mass is 10.0. The van der Waals surface area contributed by atoms with E-state index in [0.29, 0.717) is 19.3 Å². The van der Waals surface area contributed by atoms with Crippen LogP contribution >= 0.6 is 0 Å². The maximum Gasteiger partial charge on any atom is 0.306 e. The van der Waals surface area contributed by atoms with Crippen LogP contribution in [-0.4, -0.2) is 37.2 Å². The van der Waals surface area contributed by atoms with E-state index in [0.717, 1.165) is 70.6 Å². The van der Waals surface area contributed by atoms with Crippen molar-refractivity contribution >= 4 is 17.9 Å². The van der Waals surface area contributed by atoms with Crippen molar-refractivity contribution in [2.24, 2.45) is 0 Å². The molecule has 6 heteroatoms. The molecule has 0 amide bonds. The number of ether oxygens (including phenoxy) is 3. The lowest BCUT2D eigenvalue weighted by molar-refractivity contribution is -0.167. The molecule has 392 valence electrons. The summed E-state index contributed by atoms with van der Waals surface area (Å²) in [6.45, 7) is 6.64. The molecule has 0 spiro atoms. The Bertz CT molecular complexity index is 1130. The highest BCUT2D eigenvalue weighted by atomic mass is 16.6. The summed E-state index contributed by atoms with van der Waals surface area (Å²) in [5, 5.41) is 0. The quantitative estimate of drug-likeness (QED) is 0.0262. The normalized spacial score (nSPS) is 12.2. The van der Waals surface area contributed by atoms with Crippen LogP contribution in [0.1, 0.15) is 316 Å². The second-order valence-electron chi connectivity index (χ2n) is 19.9. The predicted molar refractivity (Wildman–Crippen MR) is 289 cm³/mol. The smallest absolute Gasteiger partial charge is 0.306 e. The summed E-state index contributed by atoms with van der Waals surface area (Å²) in [6.07, 6.45) is 67.0. The van der Waals surface area contributed by atoms with Crippen LogP contribution in [0.3, 0.4) is 0 Å². The first-order valence-corrected chi connectivity index (χ1v) is 29.5. The lowest BCUT2D eigenvalue weighted by Gasteiger charge is -2.18. The monoisotopic (exact) mass is 941 g/mol. The first-order chi connectivity index (χ1) is 33.0. The molecule has 0 N–H and O–H groups in total. The molecule has 0 aromatic rings. The first kappa shape index (κ1) is 64.6. The fraction of sp³-hybridized carbons (Fsp3) is 0.852. The van der Waals surface area contributed by atoms with Gasteiger partial charge in [-0.2, -0.15) is 0 Å². The molecule has 0 saturated heterocycles. The number of esters is 3. The number of carbonyl (C=O) groups is 3. The second kappa shape index (κ2) is 56.2. The summed E-state index contributed by atoms with van der Waals surface area (Å²) in [6, 6.07) is 0. The van der Waals surface area contributed by atoms with E-state index < -0.39 is 6.10 Å². The van der Waals surface area contributed by atoms with E-state index in [-0.39, 0.29) is 31.1 Å². The third-order valence-electron chi connectivity index (χ3n) is 13.1. The van der Waals surface area contributed by atoms with Gasteiger partial charge in [0, 0.05) is 19.3 Å². The molecule has 0 aromatic heterocycles.